The second kappa shape index (κ2) is 7.67. The number of hydrogen-bond acceptors (Lipinski definition) is 7. The quantitative estimate of drug-likeness (QED) is 0.748. The van der Waals surface area contributed by atoms with Gasteiger partial charge >= 0.3 is 0 Å². The number of benzene rings is 1. The molecular formula is C14H16FN3O4S2. The van der Waals surface area contributed by atoms with E-state index < -0.39 is 27.7 Å². The highest BCUT2D eigenvalue weighted by Gasteiger charge is 2.22. The number of carbonyl (C=O) groups is 1. The lowest BCUT2D eigenvalue weighted by Crippen LogP contribution is -2.32. The largest absolute Gasteiger partial charge is 0.481 e. The van der Waals surface area contributed by atoms with E-state index in [4.69, 9.17) is 4.74 Å². The standard InChI is InChI=1S/C14H16FN3O4S2/c1-3-11(22-10-7-5-9(15)6-8-10)12(19)16-13-17-18-14(23-13)24(20,21)4-2/h5-8,11H,3-4H2,1-2H3,(H,16,17,19)/t11-/m0/s1. The minimum atomic E-state index is -3.46. The Balaban J connectivity index is 2.05. The third kappa shape index (κ3) is 4.48. The fraction of sp³-hybridized carbons (Fsp3) is 0.357. The maximum atomic E-state index is 12.9. The molecule has 7 nitrogen and oxygen atoms in total. The number of amides is 1. The minimum absolute atomic E-state index is 0.0770. The van der Waals surface area contributed by atoms with Crippen LogP contribution in [0.5, 0.6) is 5.75 Å². The molecular weight excluding hydrogens is 357 g/mol. The van der Waals surface area contributed by atoms with Crippen LogP contribution in [-0.2, 0) is 14.6 Å². The molecule has 2 rings (SSSR count). The first-order chi connectivity index (χ1) is 11.4. The number of sulfone groups is 1. The fourth-order valence-corrected chi connectivity index (χ4v) is 3.69. The van der Waals surface area contributed by atoms with E-state index in [2.05, 4.69) is 15.5 Å². The highest BCUT2D eigenvalue weighted by atomic mass is 32.2. The zero-order valence-corrected chi connectivity index (χ0v) is 14.7. The van der Waals surface area contributed by atoms with Crippen LogP contribution in [-0.4, -0.2) is 36.4 Å². The van der Waals surface area contributed by atoms with Crippen molar-refractivity contribution in [2.75, 3.05) is 11.1 Å². The van der Waals surface area contributed by atoms with Crippen molar-refractivity contribution in [2.45, 2.75) is 30.7 Å². The molecule has 130 valence electrons. The summed E-state index contributed by atoms with van der Waals surface area (Å²) in [5.74, 6) is -0.636. The molecule has 1 heterocycles. The first-order valence-electron chi connectivity index (χ1n) is 7.15. The average Bonchev–Trinajstić information content (AvgIpc) is 3.03. The lowest BCUT2D eigenvalue weighted by molar-refractivity contribution is -0.122. The number of anilines is 1. The minimum Gasteiger partial charge on any atom is -0.481 e. The van der Waals surface area contributed by atoms with E-state index in [1.165, 1.54) is 31.2 Å². The van der Waals surface area contributed by atoms with Gasteiger partial charge in [0, 0.05) is 0 Å². The maximum Gasteiger partial charge on any atom is 0.267 e. The molecule has 2 aromatic rings. The zero-order chi connectivity index (χ0) is 17.7. The first kappa shape index (κ1) is 18.3. The Morgan fingerprint density at radius 3 is 2.54 bits per heavy atom. The third-order valence-corrected chi connectivity index (χ3v) is 6.06. The van der Waals surface area contributed by atoms with Crippen LogP contribution in [0.1, 0.15) is 20.3 Å². The lowest BCUT2D eigenvalue weighted by atomic mass is 10.2. The predicted molar refractivity (Wildman–Crippen MR) is 87.4 cm³/mol. The molecule has 1 atom stereocenters. The van der Waals surface area contributed by atoms with Gasteiger partial charge in [-0.2, -0.15) is 0 Å². The second-order valence-electron chi connectivity index (χ2n) is 4.73. The molecule has 0 saturated heterocycles. The Hall–Kier alpha value is -2.07. The van der Waals surface area contributed by atoms with Gasteiger partial charge in [0.05, 0.1) is 5.75 Å². The number of nitrogens with one attached hydrogen (secondary N) is 1. The monoisotopic (exact) mass is 373 g/mol. The number of halogens is 1. The van der Waals surface area contributed by atoms with Crippen LogP contribution in [0.4, 0.5) is 9.52 Å². The van der Waals surface area contributed by atoms with E-state index in [9.17, 15) is 17.6 Å². The summed E-state index contributed by atoms with van der Waals surface area (Å²) in [6.45, 7) is 3.25. The van der Waals surface area contributed by atoms with E-state index in [0.717, 1.165) is 11.3 Å². The van der Waals surface area contributed by atoms with Crippen LogP contribution in [0, 0.1) is 5.82 Å². The molecule has 0 radical (unpaired) electrons. The topological polar surface area (TPSA) is 98.2 Å². The first-order valence-corrected chi connectivity index (χ1v) is 9.62. The predicted octanol–water partition coefficient (Wildman–Crippen LogP) is 2.27. The van der Waals surface area contributed by atoms with Crippen LogP contribution in [0.2, 0.25) is 0 Å². The Kier molecular flexibility index (Phi) is 5.84. The SMILES string of the molecule is CC[C@H](Oc1ccc(F)cc1)C(=O)Nc1nnc(S(=O)(=O)CC)s1. The molecule has 1 aromatic carbocycles. The van der Waals surface area contributed by atoms with Gasteiger partial charge in [0.2, 0.25) is 19.3 Å². The second-order valence-corrected chi connectivity index (χ2v) is 8.16. The van der Waals surface area contributed by atoms with Crippen LogP contribution < -0.4 is 10.1 Å². The van der Waals surface area contributed by atoms with Crippen LogP contribution in [0.15, 0.2) is 28.6 Å². The molecule has 0 aliphatic heterocycles. The van der Waals surface area contributed by atoms with E-state index >= 15 is 0 Å². The molecule has 24 heavy (non-hydrogen) atoms. The number of carbonyl (C=O) groups excluding carboxylic acids is 1. The highest BCUT2D eigenvalue weighted by molar-refractivity contribution is 7.93. The summed E-state index contributed by atoms with van der Waals surface area (Å²) >= 11 is 0.782. The Morgan fingerprint density at radius 2 is 1.96 bits per heavy atom. The molecule has 10 heteroatoms. The van der Waals surface area contributed by atoms with Gasteiger partial charge in [0.15, 0.2) is 6.10 Å². The van der Waals surface area contributed by atoms with Crippen molar-refractivity contribution in [2.24, 2.45) is 0 Å². The van der Waals surface area contributed by atoms with Crippen molar-refractivity contribution in [3.05, 3.63) is 30.1 Å². The van der Waals surface area contributed by atoms with E-state index in [1.807, 2.05) is 0 Å². The molecule has 0 aliphatic rings. The summed E-state index contributed by atoms with van der Waals surface area (Å²) in [5.41, 5.74) is 0. The van der Waals surface area contributed by atoms with Crippen molar-refractivity contribution in [3.8, 4) is 5.75 Å². The molecule has 0 aliphatic carbocycles. The molecule has 0 spiro atoms. The fourth-order valence-electron chi connectivity index (χ4n) is 1.70. The lowest BCUT2D eigenvalue weighted by Gasteiger charge is -2.16. The van der Waals surface area contributed by atoms with E-state index in [-0.39, 0.29) is 15.2 Å². The molecule has 1 amide bonds. The van der Waals surface area contributed by atoms with Gasteiger partial charge in [-0.3, -0.25) is 10.1 Å². The summed E-state index contributed by atoms with van der Waals surface area (Å²) in [6, 6.07) is 5.30. The van der Waals surface area contributed by atoms with Crippen LogP contribution in [0.25, 0.3) is 0 Å². The van der Waals surface area contributed by atoms with Crippen LogP contribution >= 0.6 is 11.3 Å². The van der Waals surface area contributed by atoms with E-state index in [0.29, 0.717) is 12.2 Å². The van der Waals surface area contributed by atoms with Crippen molar-refractivity contribution in [1.82, 2.24) is 10.2 Å². The molecule has 0 saturated carbocycles. The Morgan fingerprint density at radius 1 is 1.29 bits per heavy atom. The molecule has 0 unspecified atom stereocenters. The number of nitrogens with zero attached hydrogens (tertiary/aromatic N) is 2. The summed E-state index contributed by atoms with van der Waals surface area (Å²) in [6.07, 6.45) is -0.465. The molecule has 0 fully saturated rings. The van der Waals surface area contributed by atoms with Crippen LogP contribution in [0.3, 0.4) is 0 Å². The van der Waals surface area contributed by atoms with Gasteiger partial charge in [-0.15, -0.1) is 10.2 Å². The van der Waals surface area contributed by atoms with Crippen molar-refractivity contribution in [3.63, 3.8) is 0 Å². The van der Waals surface area contributed by atoms with Gasteiger partial charge in [-0.1, -0.05) is 25.2 Å². The Bertz CT molecular complexity index is 806. The number of ether oxygens (including phenoxy) is 1. The Labute approximate surface area is 142 Å². The summed E-state index contributed by atoms with van der Waals surface area (Å²) < 4.78 is 41.6. The van der Waals surface area contributed by atoms with Crippen molar-refractivity contribution < 1.29 is 22.3 Å². The smallest absolute Gasteiger partial charge is 0.267 e. The summed E-state index contributed by atoms with van der Waals surface area (Å²) in [4.78, 5) is 12.2. The van der Waals surface area contributed by atoms with Crippen molar-refractivity contribution >= 4 is 32.2 Å². The van der Waals surface area contributed by atoms with Gasteiger partial charge in [0.25, 0.3) is 5.91 Å². The number of aromatic nitrogens is 2. The average molecular weight is 373 g/mol. The molecule has 1 N–H and O–H groups in total. The highest BCUT2D eigenvalue weighted by Crippen LogP contribution is 2.22. The van der Waals surface area contributed by atoms with Crippen molar-refractivity contribution in [1.29, 1.82) is 0 Å². The van der Waals surface area contributed by atoms with Gasteiger partial charge in [0.1, 0.15) is 11.6 Å². The summed E-state index contributed by atoms with van der Waals surface area (Å²) in [5, 5.41) is 9.79. The number of rotatable bonds is 7. The number of hydrogen-bond donors (Lipinski definition) is 1. The third-order valence-electron chi connectivity index (χ3n) is 3.04. The van der Waals surface area contributed by atoms with E-state index in [1.54, 1.807) is 6.92 Å². The summed E-state index contributed by atoms with van der Waals surface area (Å²) in [7, 11) is -3.46. The molecule has 0 bridgehead atoms. The zero-order valence-electron chi connectivity index (χ0n) is 13.0. The normalized spacial score (nSPS) is 12.6. The maximum absolute atomic E-state index is 12.9. The van der Waals surface area contributed by atoms with Gasteiger partial charge in [-0.05, 0) is 30.7 Å². The van der Waals surface area contributed by atoms with Gasteiger partial charge < -0.3 is 4.74 Å². The van der Waals surface area contributed by atoms with Gasteiger partial charge in [-0.25, -0.2) is 12.8 Å². The molecule has 1 aromatic heterocycles.